The minimum absolute atomic E-state index is 0.0381. The highest BCUT2D eigenvalue weighted by atomic mass is 79.9. The van der Waals surface area contributed by atoms with Crippen LogP contribution in [0.3, 0.4) is 0 Å². The molecule has 0 radical (unpaired) electrons. The third kappa shape index (κ3) is 3.34. The fraction of sp³-hybridized carbons (Fsp3) is 0.600. The number of aliphatic hydroxyl groups excluding tert-OH is 1. The summed E-state index contributed by atoms with van der Waals surface area (Å²) in [6, 6.07) is 2.42. The number of aliphatic hydroxyl groups is 1. The maximum atomic E-state index is 13.9. The zero-order valence-electron chi connectivity index (χ0n) is 11.0. The molecule has 3 atom stereocenters. The van der Waals surface area contributed by atoms with Crippen LogP contribution in [0.5, 0.6) is 0 Å². The van der Waals surface area contributed by atoms with E-state index in [9.17, 15) is 13.9 Å². The molecule has 1 aromatic rings. The normalized spacial score (nSPS) is 25.3. The maximum absolute atomic E-state index is 13.9. The highest BCUT2D eigenvalue weighted by Crippen LogP contribution is 2.40. The minimum atomic E-state index is -1.04. The van der Waals surface area contributed by atoms with E-state index in [0.29, 0.717) is 10.4 Å². The van der Waals surface area contributed by atoms with Gasteiger partial charge in [0.25, 0.3) is 0 Å². The average Bonchev–Trinajstić information content (AvgIpc) is 2.37. The summed E-state index contributed by atoms with van der Waals surface area (Å²) in [6.45, 7) is 2.13. The van der Waals surface area contributed by atoms with E-state index < -0.39 is 17.7 Å². The number of rotatable bonds is 3. The van der Waals surface area contributed by atoms with Gasteiger partial charge in [-0.2, -0.15) is 0 Å². The number of halogens is 3. The van der Waals surface area contributed by atoms with E-state index in [1.807, 2.05) is 0 Å². The first-order valence-corrected chi connectivity index (χ1v) is 7.64. The highest BCUT2D eigenvalue weighted by molar-refractivity contribution is 9.10. The lowest BCUT2D eigenvalue weighted by atomic mass is 9.76. The molecule has 1 nitrogen and oxygen atoms in total. The zero-order valence-corrected chi connectivity index (χ0v) is 12.6. The highest BCUT2D eigenvalue weighted by Gasteiger charge is 2.31. The first-order chi connectivity index (χ1) is 9.02. The van der Waals surface area contributed by atoms with Crippen LogP contribution in [0.2, 0.25) is 0 Å². The number of hydrogen-bond acceptors (Lipinski definition) is 1. The van der Waals surface area contributed by atoms with E-state index in [-0.39, 0.29) is 11.5 Å². The van der Waals surface area contributed by atoms with Crippen molar-refractivity contribution in [2.24, 2.45) is 11.8 Å². The third-order valence-corrected chi connectivity index (χ3v) is 4.64. The molecule has 1 aliphatic carbocycles. The molecule has 4 heteroatoms. The van der Waals surface area contributed by atoms with Crippen molar-refractivity contribution < 1.29 is 13.9 Å². The molecular weight excluding hydrogens is 314 g/mol. The second-order valence-corrected chi connectivity index (χ2v) is 6.34. The first kappa shape index (κ1) is 14.9. The van der Waals surface area contributed by atoms with E-state index in [1.165, 1.54) is 12.1 Å². The Kier molecular flexibility index (Phi) is 4.96. The van der Waals surface area contributed by atoms with Crippen LogP contribution in [0.1, 0.15) is 50.7 Å². The first-order valence-electron chi connectivity index (χ1n) is 6.85. The molecule has 0 bridgehead atoms. The van der Waals surface area contributed by atoms with E-state index in [4.69, 9.17) is 0 Å². The lowest BCUT2D eigenvalue weighted by molar-refractivity contribution is 0.0620. The molecule has 0 spiro atoms. The van der Waals surface area contributed by atoms with Crippen molar-refractivity contribution in [2.45, 2.75) is 45.1 Å². The van der Waals surface area contributed by atoms with E-state index >= 15 is 0 Å². The minimum Gasteiger partial charge on any atom is -0.388 e. The molecule has 1 saturated carbocycles. The molecule has 0 heterocycles. The topological polar surface area (TPSA) is 20.2 Å². The van der Waals surface area contributed by atoms with Crippen molar-refractivity contribution in [1.29, 1.82) is 0 Å². The van der Waals surface area contributed by atoms with Crippen molar-refractivity contribution in [2.75, 3.05) is 0 Å². The molecule has 1 aromatic carbocycles. The summed E-state index contributed by atoms with van der Waals surface area (Å²) in [5.74, 6) is -0.810. The second kappa shape index (κ2) is 6.31. The summed E-state index contributed by atoms with van der Waals surface area (Å²) in [6.07, 6.45) is 3.90. The standard InChI is InChI=1S/C15H19BrF2O/c1-2-9-4-3-5-10(6-9)15(19)14-12(17)7-11(16)8-13(14)18/h7-10,15,19H,2-6H2,1H3. The Labute approximate surface area is 121 Å². The Balaban J connectivity index is 2.21. The molecule has 1 N–H and O–H groups in total. The molecule has 106 valence electrons. The van der Waals surface area contributed by atoms with Crippen molar-refractivity contribution in [3.05, 3.63) is 33.8 Å². The predicted octanol–water partition coefficient (Wildman–Crippen LogP) is 4.98. The van der Waals surface area contributed by atoms with Gasteiger partial charge < -0.3 is 5.11 Å². The quantitative estimate of drug-likeness (QED) is 0.827. The zero-order chi connectivity index (χ0) is 14.0. The Morgan fingerprint density at radius 3 is 2.53 bits per heavy atom. The monoisotopic (exact) mass is 332 g/mol. The summed E-state index contributed by atoms with van der Waals surface area (Å²) < 4.78 is 28.1. The molecule has 19 heavy (non-hydrogen) atoms. The summed E-state index contributed by atoms with van der Waals surface area (Å²) in [5.41, 5.74) is -0.176. The van der Waals surface area contributed by atoms with Crippen LogP contribution < -0.4 is 0 Å². The van der Waals surface area contributed by atoms with Gasteiger partial charge in [-0.05, 0) is 36.8 Å². The largest absolute Gasteiger partial charge is 0.388 e. The Hall–Kier alpha value is -0.480. The van der Waals surface area contributed by atoms with Gasteiger partial charge >= 0.3 is 0 Å². The molecule has 3 unspecified atom stereocenters. The second-order valence-electron chi connectivity index (χ2n) is 5.43. The summed E-state index contributed by atoms with van der Waals surface area (Å²) in [5, 5.41) is 10.3. The lowest BCUT2D eigenvalue weighted by Crippen LogP contribution is -2.22. The lowest BCUT2D eigenvalue weighted by Gasteiger charge is -2.32. The van der Waals surface area contributed by atoms with Gasteiger partial charge in [0.2, 0.25) is 0 Å². The molecule has 0 aromatic heterocycles. The van der Waals surface area contributed by atoms with Crippen LogP contribution in [0, 0.1) is 23.5 Å². The van der Waals surface area contributed by atoms with E-state index in [0.717, 1.165) is 32.1 Å². The molecule has 0 aliphatic heterocycles. The third-order valence-electron chi connectivity index (χ3n) is 4.19. The summed E-state index contributed by atoms with van der Waals surface area (Å²) in [4.78, 5) is 0. The summed E-state index contributed by atoms with van der Waals surface area (Å²) >= 11 is 3.05. The van der Waals surface area contributed by atoms with Crippen LogP contribution in [0.25, 0.3) is 0 Å². The molecule has 0 saturated heterocycles. The molecule has 1 fully saturated rings. The molecular formula is C15H19BrF2O. The van der Waals surface area contributed by atoms with Gasteiger partial charge in [-0.1, -0.05) is 42.1 Å². The van der Waals surface area contributed by atoms with Gasteiger partial charge in [-0.3, -0.25) is 0 Å². The molecule has 0 amide bonds. The Bertz CT molecular complexity index is 427. The van der Waals surface area contributed by atoms with Crippen LogP contribution in [0.15, 0.2) is 16.6 Å². The van der Waals surface area contributed by atoms with Crippen molar-refractivity contribution in [3.63, 3.8) is 0 Å². The predicted molar refractivity (Wildman–Crippen MR) is 74.8 cm³/mol. The van der Waals surface area contributed by atoms with Gasteiger partial charge in [-0.15, -0.1) is 0 Å². The van der Waals surface area contributed by atoms with Crippen molar-refractivity contribution >= 4 is 15.9 Å². The van der Waals surface area contributed by atoms with E-state index in [2.05, 4.69) is 22.9 Å². The van der Waals surface area contributed by atoms with Gasteiger partial charge in [-0.25, -0.2) is 8.78 Å². The van der Waals surface area contributed by atoms with Gasteiger partial charge in [0.1, 0.15) is 11.6 Å². The fourth-order valence-electron chi connectivity index (χ4n) is 3.06. The fourth-order valence-corrected chi connectivity index (χ4v) is 3.46. The Morgan fingerprint density at radius 1 is 1.32 bits per heavy atom. The van der Waals surface area contributed by atoms with Crippen LogP contribution in [-0.4, -0.2) is 5.11 Å². The van der Waals surface area contributed by atoms with Crippen molar-refractivity contribution in [3.8, 4) is 0 Å². The van der Waals surface area contributed by atoms with E-state index in [1.54, 1.807) is 0 Å². The Morgan fingerprint density at radius 2 is 1.95 bits per heavy atom. The average molecular weight is 333 g/mol. The van der Waals surface area contributed by atoms with Gasteiger partial charge in [0, 0.05) is 4.47 Å². The maximum Gasteiger partial charge on any atom is 0.133 e. The van der Waals surface area contributed by atoms with Gasteiger partial charge in [0.05, 0.1) is 11.7 Å². The number of benzene rings is 1. The molecule has 2 rings (SSSR count). The smallest absolute Gasteiger partial charge is 0.133 e. The summed E-state index contributed by atoms with van der Waals surface area (Å²) in [7, 11) is 0. The van der Waals surface area contributed by atoms with Gasteiger partial charge in [0.15, 0.2) is 0 Å². The van der Waals surface area contributed by atoms with Crippen LogP contribution in [-0.2, 0) is 0 Å². The van der Waals surface area contributed by atoms with Crippen molar-refractivity contribution in [1.82, 2.24) is 0 Å². The molecule has 1 aliphatic rings. The van der Waals surface area contributed by atoms with Crippen LogP contribution >= 0.6 is 15.9 Å². The number of hydrogen-bond donors (Lipinski definition) is 1. The van der Waals surface area contributed by atoms with Crippen LogP contribution in [0.4, 0.5) is 8.78 Å². The SMILES string of the molecule is CCC1CCCC(C(O)c2c(F)cc(Br)cc2F)C1.